The molecule has 4 nitrogen and oxygen atoms in total. The zero-order valence-corrected chi connectivity index (χ0v) is 10.2. The van der Waals surface area contributed by atoms with E-state index < -0.39 is 24.9 Å². The topological polar surface area (TPSA) is 52.9 Å². The van der Waals surface area contributed by atoms with Crippen molar-refractivity contribution in [3.8, 4) is 0 Å². The van der Waals surface area contributed by atoms with Crippen LogP contribution in [0.5, 0.6) is 0 Å². The van der Waals surface area contributed by atoms with Crippen molar-refractivity contribution in [3.05, 3.63) is 0 Å². The summed E-state index contributed by atoms with van der Waals surface area (Å²) in [6, 6.07) is 0. The van der Waals surface area contributed by atoms with Gasteiger partial charge in [0.2, 0.25) is 5.91 Å². The van der Waals surface area contributed by atoms with Crippen LogP contribution < -0.4 is 0 Å². The Balaban J connectivity index is 2.51. The van der Waals surface area contributed by atoms with E-state index in [4.69, 9.17) is 5.21 Å². The lowest BCUT2D eigenvalue weighted by molar-refractivity contribution is -0.149. The van der Waals surface area contributed by atoms with Crippen LogP contribution in [-0.4, -0.2) is 41.0 Å². The maximum atomic E-state index is 12.0. The predicted octanol–water partition coefficient (Wildman–Crippen LogP) is 2.42. The molecule has 1 amide bonds. The van der Waals surface area contributed by atoms with Crippen LogP contribution in [0.2, 0.25) is 0 Å². The molecule has 1 saturated heterocycles. The van der Waals surface area contributed by atoms with E-state index in [1.807, 2.05) is 6.92 Å². The summed E-state index contributed by atoms with van der Waals surface area (Å²) >= 11 is 0. The molecule has 1 N–H and O–H groups in total. The first-order valence-corrected chi connectivity index (χ1v) is 5.92. The first-order valence-electron chi connectivity index (χ1n) is 5.92. The minimum atomic E-state index is -4.30. The molecule has 1 aliphatic rings. The van der Waals surface area contributed by atoms with Crippen LogP contribution in [0.3, 0.4) is 0 Å². The van der Waals surface area contributed by atoms with Crippen molar-refractivity contribution in [2.75, 3.05) is 13.1 Å². The zero-order valence-electron chi connectivity index (χ0n) is 10.2. The van der Waals surface area contributed by atoms with Crippen LogP contribution in [0.1, 0.15) is 32.6 Å². The lowest BCUT2D eigenvalue weighted by Gasteiger charge is -2.33. The molecule has 0 aromatic rings. The fourth-order valence-corrected chi connectivity index (χ4v) is 2.05. The van der Waals surface area contributed by atoms with Crippen LogP contribution in [0.15, 0.2) is 5.16 Å². The molecule has 7 heteroatoms. The van der Waals surface area contributed by atoms with Crippen LogP contribution in [-0.2, 0) is 4.79 Å². The first kappa shape index (κ1) is 14.8. The molecule has 1 heterocycles. The fourth-order valence-electron chi connectivity index (χ4n) is 2.05. The Kier molecular flexibility index (Phi) is 4.98. The van der Waals surface area contributed by atoms with Crippen molar-refractivity contribution in [2.45, 2.75) is 38.8 Å². The van der Waals surface area contributed by atoms with E-state index in [9.17, 15) is 18.0 Å². The molecule has 0 saturated carbocycles. The summed E-state index contributed by atoms with van der Waals surface area (Å²) in [5.41, 5.74) is 0.623. The van der Waals surface area contributed by atoms with E-state index >= 15 is 0 Å². The monoisotopic (exact) mass is 266 g/mol. The molecule has 104 valence electrons. The van der Waals surface area contributed by atoms with Gasteiger partial charge in [-0.15, -0.1) is 0 Å². The molecule has 1 fully saturated rings. The summed E-state index contributed by atoms with van der Waals surface area (Å²) in [4.78, 5) is 13.0. The Morgan fingerprint density at radius 3 is 2.72 bits per heavy atom. The quantitative estimate of drug-likeness (QED) is 0.630. The van der Waals surface area contributed by atoms with Crippen molar-refractivity contribution in [3.63, 3.8) is 0 Å². The Morgan fingerprint density at radius 1 is 1.56 bits per heavy atom. The highest BCUT2D eigenvalue weighted by Gasteiger charge is 2.31. The molecule has 1 aliphatic heterocycles. The molecule has 1 atom stereocenters. The molecule has 18 heavy (non-hydrogen) atoms. The number of hydrogen-bond donors (Lipinski definition) is 1. The molecular formula is C11H17F3N2O2. The predicted molar refractivity (Wildman–Crippen MR) is 59.5 cm³/mol. The largest absolute Gasteiger partial charge is 0.411 e. The molecule has 0 spiro atoms. The third-order valence-electron chi connectivity index (χ3n) is 3.15. The van der Waals surface area contributed by atoms with Gasteiger partial charge < -0.3 is 10.1 Å². The van der Waals surface area contributed by atoms with Gasteiger partial charge in [-0.2, -0.15) is 13.2 Å². The highest BCUT2D eigenvalue weighted by Crippen LogP contribution is 2.23. The Hall–Kier alpha value is -1.27. The SMILES string of the molecule is CCC1CN(C(=O)CCC(F)(F)F)CCC1=NO. The summed E-state index contributed by atoms with van der Waals surface area (Å²) in [5.74, 6) is -0.540. The van der Waals surface area contributed by atoms with Crippen molar-refractivity contribution in [1.82, 2.24) is 4.90 Å². The number of hydrogen-bond acceptors (Lipinski definition) is 3. The molecule has 0 aromatic carbocycles. The van der Waals surface area contributed by atoms with E-state index in [0.29, 0.717) is 31.6 Å². The number of likely N-dealkylation sites (tertiary alicyclic amines) is 1. The first-order chi connectivity index (χ1) is 8.37. The van der Waals surface area contributed by atoms with Gasteiger partial charge in [-0.1, -0.05) is 12.1 Å². The van der Waals surface area contributed by atoms with E-state index in [2.05, 4.69) is 5.16 Å². The second kappa shape index (κ2) is 6.06. The van der Waals surface area contributed by atoms with Crippen LogP contribution in [0.25, 0.3) is 0 Å². The van der Waals surface area contributed by atoms with Crippen LogP contribution in [0.4, 0.5) is 13.2 Å². The fraction of sp³-hybridized carbons (Fsp3) is 0.818. The highest BCUT2D eigenvalue weighted by molar-refractivity contribution is 5.89. The van der Waals surface area contributed by atoms with Crippen molar-refractivity contribution in [2.24, 2.45) is 11.1 Å². The van der Waals surface area contributed by atoms with Gasteiger partial charge >= 0.3 is 6.18 Å². The Labute approximate surface area is 103 Å². The number of rotatable bonds is 3. The molecular weight excluding hydrogens is 249 g/mol. The third kappa shape index (κ3) is 4.19. The normalized spacial score (nSPS) is 23.4. The number of alkyl halides is 3. The minimum absolute atomic E-state index is 0.0569. The molecule has 0 bridgehead atoms. The van der Waals surface area contributed by atoms with Gasteiger partial charge in [0.1, 0.15) is 0 Å². The number of carbonyl (C=O) groups excluding carboxylic acids is 1. The number of carbonyl (C=O) groups is 1. The van der Waals surface area contributed by atoms with Gasteiger partial charge in [0.05, 0.1) is 12.1 Å². The lowest BCUT2D eigenvalue weighted by Crippen LogP contribution is -2.44. The minimum Gasteiger partial charge on any atom is -0.411 e. The molecule has 0 aliphatic carbocycles. The van der Waals surface area contributed by atoms with Gasteiger partial charge in [0.15, 0.2) is 0 Å². The third-order valence-corrected chi connectivity index (χ3v) is 3.15. The molecule has 0 radical (unpaired) electrons. The number of amides is 1. The average Bonchev–Trinajstić information content (AvgIpc) is 2.34. The summed E-state index contributed by atoms with van der Waals surface area (Å²) in [6.07, 6.45) is -4.77. The molecule has 0 aromatic heterocycles. The van der Waals surface area contributed by atoms with E-state index in [1.54, 1.807) is 0 Å². The summed E-state index contributed by atoms with van der Waals surface area (Å²) < 4.78 is 36.1. The van der Waals surface area contributed by atoms with Crippen LogP contribution in [0, 0.1) is 5.92 Å². The number of nitrogens with zero attached hydrogens (tertiary/aromatic N) is 2. The lowest BCUT2D eigenvalue weighted by atomic mass is 9.93. The molecule has 1 unspecified atom stereocenters. The zero-order chi connectivity index (χ0) is 13.8. The smallest absolute Gasteiger partial charge is 0.389 e. The summed E-state index contributed by atoms with van der Waals surface area (Å²) in [7, 11) is 0. The standard InChI is InChI=1S/C11H17F3N2O2/c1-2-8-7-16(6-4-9(8)15-18)10(17)3-5-11(12,13)14/h8,18H,2-7H2,1H3. The van der Waals surface area contributed by atoms with Gasteiger partial charge in [-0.05, 0) is 6.42 Å². The maximum absolute atomic E-state index is 12.0. The number of oxime groups is 1. The van der Waals surface area contributed by atoms with Gasteiger partial charge in [-0.3, -0.25) is 4.79 Å². The van der Waals surface area contributed by atoms with Crippen molar-refractivity contribution >= 4 is 11.6 Å². The van der Waals surface area contributed by atoms with Crippen molar-refractivity contribution in [1.29, 1.82) is 0 Å². The summed E-state index contributed by atoms with van der Waals surface area (Å²) in [5, 5.41) is 11.9. The summed E-state index contributed by atoms with van der Waals surface area (Å²) in [6.45, 7) is 2.55. The van der Waals surface area contributed by atoms with Gasteiger partial charge in [0.25, 0.3) is 0 Å². The number of piperidine rings is 1. The maximum Gasteiger partial charge on any atom is 0.389 e. The number of halogens is 3. The van der Waals surface area contributed by atoms with E-state index in [-0.39, 0.29) is 5.92 Å². The Morgan fingerprint density at radius 2 is 2.22 bits per heavy atom. The van der Waals surface area contributed by atoms with Gasteiger partial charge in [0, 0.05) is 31.8 Å². The average molecular weight is 266 g/mol. The second-order valence-corrected chi connectivity index (χ2v) is 4.40. The molecule has 1 rings (SSSR count). The Bertz CT molecular complexity index is 329. The van der Waals surface area contributed by atoms with Crippen molar-refractivity contribution < 1.29 is 23.2 Å². The second-order valence-electron chi connectivity index (χ2n) is 4.40. The van der Waals surface area contributed by atoms with E-state index in [1.165, 1.54) is 4.90 Å². The highest BCUT2D eigenvalue weighted by atomic mass is 19.4. The van der Waals surface area contributed by atoms with Gasteiger partial charge in [-0.25, -0.2) is 0 Å². The van der Waals surface area contributed by atoms with Crippen LogP contribution >= 0.6 is 0 Å². The van der Waals surface area contributed by atoms with E-state index in [0.717, 1.165) is 0 Å².